The first-order valence-electron chi connectivity index (χ1n) is 6.29. The number of aryl methyl sites for hydroxylation is 1. The molecule has 0 radical (unpaired) electrons. The molecule has 0 spiro atoms. The van der Waals surface area contributed by atoms with Gasteiger partial charge < -0.3 is 5.32 Å². The van der Waals surface area contributed by atoms with Crippen LogP contribution in [0.25, 0.3) is 11.3 Å². The van der Waals surface area contributed by atoms with Gasteiger partial charge in [-0.15, -0.1) is 0 Å². The Kier molecular flexibility index (Phi) is 4.19. The normalized spacial score (nSPS) is 10.3. The fourth-order valence-electron chi connectivity index (χ4n) is 1.86. The number of nitro groups is 1. The van der Waals surface area contributed by atoms with E-state index in [1.807, 2.05) is 13.8 Å². The summed E-state index contributed by atoms with van der Waals surface area (Å²) in [5.74, 6) is 0.248. The monoisotopic (exact) mass is 273 g/mol. The van der Waals surface area contributed by atoms with Crippen molar-refractivity contribution in [1.29, 1.82) is 0 Å². The van der Waals surface area contributed by atoms with Crippen LogP contribution in [-0.4, -0.2) is 26.4 Å². The van der Waals surface area contributed by atoms with E-state index in [0.717, 1.165) is 12.0 Å². The third kappa shape index (κ3) is 2.71. The molecule has 2 aromatic rings. The predicted molar refractivity (Wildman–Crippen MR) is 75.4 cm³/mol. The molecule has 20 heavy (non-hydrogen) atoms. The van der Waals surface area contributed by atoms with Crippen molar-refractivity contribution in [3.8, 4) is 11.3 Å². The van der Waals surface area contributed by atoms with E-state index in [2.05, 4.69) is 20.3 Å². The summed E-state index contributed by atoms with van der Waals surface area (Å²) >= 11 is 0. The molecule has 0 saturated heterocycles. The van der Waals surface area contributed by atoms with Crippen LogP contribution in [0.2, 0.25) is 0 Å². The molecule has 0 aliphatic rings. The van der Waals surface area contributed by atoms with E-state index in [4.69, 9.17) is 0 Å². The van der Waals surface area contributed by atoms with Crippen LogP contribution in [-0.2, 0) is 0 Å². The van der Waals surface area contributed by atoms with Crippen LogP contribution in [0.1, 0.15) is 18.9 Å². The van der Waals surface area contributed by atoms with Gasteiger partial charge in [-0.05, 0) is 25.0 Å². The molecule has 0 atom stereocenters. The van der Waals surface area contributed by atoms with E-state index in [9.17, 15) is 10.1 Å². The van der Waals surface area contributed by atoms with Crippen LogP contribution < -0.4 is 5.32 Å². The van der Waals surface area contributed by atoms with Gasteiger partial charge in [-0.2, -0.15) is 0 Å². The molecule has 2 heterocycles. The van der Waals surface area contributed by atoms with Gasteiger partial charge in [0.15, 0.2) is 5.69 Å². The Bertz CT molecular complexity index is 630. The van der Waals surface area contributed by atoms with Crippen molar-refractivity contribution in [2.24, 2.45) is 0 Å². The summed E-state index contributed by atoms with van der Waals surface area (Å²) in [6.45, 7) is 4.44. The lowest BCUT2D eigenvalue weighted by Crippen LogP contribution is -2.07. The summed E-state index contributed by atoms with van der Waals surface area (Å²) in [5, 5.41) is 14.3. The van der Waals surface area contributed by atoms with Crippen LogP contribution >= 0.6 is 0 Å². The second-order valence-electron chi connectivity index (χ2n) is 4.29. The van der Waals surface area contributed by atoms with Gasteiger partial charge in [0.2, 0.25) is 5.82 Å². The smallest absolute Gasteiger partial charge is 0.337 e. The van der Waals surface area contributed by atoms with E-state index in [0.29, 0.717) is 17.8 Å². The number of nitrogens with zero attached hydrogens (tertiary/aromatic N) is 4. The maximum atomic E-state index is 11.4. The average Bonchev–Trinajstić information content (AvgIpc) is 2.45. The van der Waals surface area contributed by atoms with Crippen LogP contribution in [0, 0.1) is 17.0 Å². The molecule has 0 aromatic carbocycles. The lowest BCUT2D eigenvalue weighted by molar-refractivity contribution is -0.383. The summed E-state index contributed by atoms with van der Waals surface area (Å²) in [5.41, 5.74) is 1.73. The highest BCUT2D eigenvalue weighted by molar-refractivity contribution is 5.78. The minimum Gasteiger partial charge on any atom is -0.364 e. The largest absolute Gasteiger partial charge is 0.364 e. The van der Waals surface area contributed by atoms with Gasteiger partial charge in [-0.1, -0.05) is 6.92 Å². The molecular formula is C13H15N5O2. The molecule has 104 valence electrons. The highest BCUT2D eigenvalue weighted by Gasteiger charge is 2.24. The van der Waals surface area contributed by atoms with Crippen LogP contribution in [0.15, 0.2) is 24.8 Å². The van der Waals surface area contributed by atoms with Crippen LogP contribution in [0.5, 0.6) is 0 Å². The molecule has 0 amide bonds. The van der Waals surface area contributed by atoms with E-state index >= 15 is 0 Å². The standard InChI is InChI=1S/C13H15N5O2/c1-3-5-15-13-12(18(19)20)11(16-8-17-13)10-4-6-14-7-9(10)2/h4,6-8H,3,5H2,1-2H3,(H,15,16,17). The van der Waals surface area contributed by atoms with Gasteiger partial charge >= 0.3 is 5.69 Å². The first-order valence-corrected chi connectivity index (χ1v) is 6.29. The highest BCUT2D eigenvalue weighted by atomic mass is 16.6. The second kappa shape index (κ2) is 6.05. The molecular weight excluding hydrogens is 258 g/mol. The van der Waals surface area contributed by atoms with E-state index < -0.39 is 4.92 Å². The van der Waals surface area contributed by atoms with Gasteiger partial charge in [0, 0.05) is 24.5 Å². The van der Waals surface area contributed by atoms with Crippen molar-refractivity contribution in [2.75, 3.05) is 11.9 Å². The lowest BCUT2D eigenvalue weighted by Gasteiger charge is -2.09. The summed E-state index contributed by atoms with van der Waals surface area (Å²) in [7, 11) is 0. The summed E-state index contributed by atoms with van der Waals surface area (Å²) in [6, 6.07) is 1.72. The maximum Gasteiger partial charge on any atom is 0.337 e. The number of hydrogen-bond acceptors (Lipinski definition) is 6. The molecule has 7 nitrogen and oxygen atoms in total. The quantitative estimate of drug-likeness (QED) is 0.664. The van der Waals surface area contributed by atoms with E-state index in [-0.39, 0.29) is 11.5 Å². The Hall–Kier alpha value is -2.57. The van der Waals surface area contributed by atoms with E-state index in [1.165, 1.54) is 6.33 Å². The molecule has 0 unspecified atom stereocenters. The van der Waals surface area contributed by atoms with E-state index in [1.54, 1.807) is 18.5 Å². The third-order valence-corrected chi connectivity index (χ3v) is 2.82. The van der Waals surface area contributed by atoms with Crippen molar-refractivity contribution in [3.05, 3.63) is 40.5 Å². The Morgan fingerprint density at radius 3 is 2.85 bits per heavy atom. The van der Waals surface area contributed by atoms with Crippen molar-refractivity contribution in [2.45, 2.75) is 20.3 Å². The van der Waals surface area contributed by atoms with Crippen molar-refractivity contribution < 1.29 is 4.92 Å². The first-order chi connectivity index (χ1) is 9.65. The zero-order valence-corrected chi connectivity index (χ0v) is 11.3. The number of rotatable bonds is 5. The molecule has 0 aliphatic heterocycles. The summed E-state index contributed by atoms with van der Waals surface area (Å²) in [4.78, 5) is 23.0. The maximum absolute atomic E-state index is 11.4. The van der Waals surface area contributed by atoms with Gasteiger partial charge in [0.25, 0.3) is 0 Å². The van der Waals surface area contributed by atoms with Gasteiger partial charge in [-0.25, -0.2) is 9.97 Å². The minimum absolute atomic E-state index is 0.102. The minimum atomic E-state index is -0.451. The molecule has 7 heteroatoms. The zero-order chi connectivity index (χ0) is 14.5. The molecule has 0 bridgehead atoms. The number of hydrogen-bond donors (Lipinski definition) is 1. The molecule has 0 fully saturated rings. The lowest BCUT2D eigenvalue weighted by atomic mass is 10.1. The predicted octanol–water partition coefficient (Wildman–Crippen LogP) is 2.58. The molecule has 2 aromatic heterocycles. The van der Waals surface area contributed by atoms with Crippen LogP contribution in [0.3, 0.4) is 0 Å². The Morgan fingerprint density at radius 2 is 2.20 bits per heavy atom. The van der Waals surface area contributed by atoms with Crippen molar-refractivity contribution in [3.63, 3.8) is 0 Å². The fourth-order valence-corrected chi connectivity index (χ4v) is 1.86. The Balaban J connectivity index is 2.58. The topological polar surface area (TPSA) is 93.8 Å². The molecule has 0 aliphatic carbocycles. The average molecular weight is 273 g/mol. The van der Waals surface area contributed by atoms with Gasteiger partial charge in [0.05, 0.1) is 4.92 Å². The van der Waals surface area contributed by atoms with Gasteiger partial charge in [0.1, 0.15) is 6.33 Å². The number of aromatic nitrogens is 3. The molecule has 2 rings (SSSR count). The fraction of sp³-hybridized carbons (Fsp3) is 0.308. The Labute approximate surface area is 116 Å². The van der Waals surface area contributed by atoms with Crippen molar-refractivity contribution in [1.82, 2.24) is 15.0 Å². The Morgan fingerprint density at radius 1 is 1.40 bits per heavy atom. The summed E-state index contributed by atoms with van der Waals surface area (Å²) in [6.07, 6.45) is 5.43. The highest BCUT2D eigenvalue weighted by Crippen LogP contribution is 2.33. The first kappa shape index (κ1) is 13.9. The molecule has 0 saturated carbocycles. The van der Waals surface area contributed by atoms with Gasteiger partial charge in [-0.3, -0.25) is 15.1 Å². The SMILES string of the molecule is CCCNc1ncnc(-c2ccncc2C)c1[N+](=O)[O-]. The number of pyridine rings is 1. The third-order valence-electron chi connectivity index (χ3n) is 2.82. The van der Waals surface area contributed by atoms with Crippen molar-refractivity contribution >= 4 is 11.5 Å². The number of nitrogens with one attached hydrogen (secondary N) is 1. The second-order valence-corrected chi connectivity index (χ2v) is 4.29. The molecule has 1 N–H and O–H groups in total. The zero-order valence-electron chi connectivity index (χ0n) is 11.3. The number of anilines is 1. The summed E-state index contributed by atoms with van der Waals surface area (Å²) < 4.78 is 0. The van der Waals surface area contributed by atoms with Crippen LogP contribution in [0.4, 0.5) is 11.5 Å².